The van der Waals surface area contributed by atoms with E-state index in [1.807, 2.05) is 60.7 Å². The summed E-state index contributed by atoms with van der Waals surface area (Å²) in [6.45, 7) is 3.59. The van der Waals surface area contributed by atoms with Gasteiger partial charge in [0, 0.05) is 10.6 Å². The van der Waals surface area contributed by atoms with Crippen LogP contribution in [0.25, 0.3) is 21.7 Å². The lowest BCUT2D eigenvalue weighted by Crippen LogP contribution is -2.16. The van der Waals surface area contributed by atoms with Gasteiger partial charge in [-0.1, -0.05) is 74.6 Å². The molecule has 0 aliphatic heterocycles. The molecule has 0 amide bonds. The van der Waals surface area contributed by atoms with Crippen molar-refractivity contribution >= 4 is 20.1 Å². The van der Waals surface area contributed by atoms with Crippen molar-refractivity contribution in [3.63, 3.8) is 0 Å². The Labute approximate surface area is 171 Å². The van der Waals surface area contributed by atoms with Gasteiger partial charge in [0.15, 0.2) is 0 Å². The summed E-state index contributed by atoms with van der Waals surface area (Å²) in [5.41, 5.74) is 1.20. The van der Waals surface area contributed by atoms with Crippen LogP contribution in [0, 0.1) is 0 Å². The van der Waals surface area contributed by atoms with Crippen LogP contribution < -0.4 is 5.11 Å². The van der Waals surface area contributed by atoms with Gasteiger partial charge in [-0.3, -0.25) is 0 Å². The summed E-state index contributed by atoms with van der Waals surface area (Å²) in [4.78, 5) is 25.4. The normalized spacial score (nSPS) is 10.4. The second kappa shape index (κ2) is 9.35. The Morgan fingerprint density at radius 1 is 0.759 bits per heavy atom. The van der Waals surface area contributed by atoms with Gasteiger partial charge >= 0.3 is 11.9 Å². The van der Waals surface area contributed by atoms with E-state index in [1.54, 1.807) is 13.8 Å². The molecule has 2 aromatic carbocycles. The number of benzene rings is 2. The predicted octanol–water partition coefficient (Wildman–Crippen LogP) is 5.03. The molecule has 148 valence electrons. The van der Waals surface area contributed by atoms with E-state index in [2.05, 4.69) is 0 Å². The highest BCUT2D eigenvalue weighted by atomic mass is 31.0. The molecule has 5 nitrogen and oxygen atoms in total. The lowest BCUT2D eigenvalue weighted by molar-refractivity contribution is -0.269. The summed E-state index contributed by atoms with van der Waals surface area (Å²) in [5.74, 6) is -2.14. The standard InChI is InChI=1S/C23H21O5P/c1-3-27-22(25)17-19(24)18(23(26)28-4-2)21(16-13-9-6-10-14-16)29-20(17)15-11-7-5-8-12-15/h5-14,24H,3-4H2,1-2H3/p-1. The first-order valence-corrected chi connectivity index (χ1v) is 10.2. The van der Waals surface area contributed by atoms with Crippen LogP contribution in [0.4, 0.5) is 0 Å². The number of hydrogen-bond donors (Lipinski definition) is 0. The Kier molecular flexibility index (Phi) is 6.63. The zero-order valence-electron chi connectivity index (χ0n) is 16.2. The van der Waals surface area contributed by atoms with Crippen LogP contribution in [0.15, 0.2) is 60.7 Å². The Morgan fingerprint density at radius 3 is 1.48 bits per heavy atom. The molecule has 0 bridgehead atoms. The Balaban J connectivity index is 2.37. The maximum atomic E-state index is 13.4. The molecule has 0 spiro atoms. The third kappa shape index (κ3) is 4.30. The van der Waals surface area contributed by atoms with E-state index in [9.17, 15) is 14.7 Å². The summed E-state index contributed by atoms with van der Waals surface area (Å²) in [5, 5.41) is 14.4. The first kappa shape index (κ1) is 20.6. The van der Waals surface area contributed by atoms with Crippen LogP contribution in [0.5, 0.6) is 5.75 Å². The molecule has 0 saturated heterocycles. The summed E-state index contributed by atoms with van der Waals surface area (Å²) >= 11 is 0. The zero-order chi connectivity index (χ0) is 20.8. The van der Waals surface area contributed by atoms with Gasteiger partial charge in [0.1, 0.15) is 0 Å². The van der Waals surface area contributed by atoms with Crippen molar-refractivity contribution in [1.82, 2.24) is 0 Å². The van der Waals surface area contributed by atoms with E-state index in [-0.39, 0.29) is 24.3 Å². The maximum Gasteiger partial charge on any atom is 0.338 e. The fourth-order valence-electron chi connectivity index (χ4n) is 2.96. The zero-order valence-corrected chi connectivity index (χ0v) is 17.1. The molecule has 0 saturated carbocycles. The van der Waals surface area contributed by atoms with Crippen LogP contribution in [0.2, 0.25) is 0 Å². The van der Waals surface area contributed by atoms with Gasteiger partial charge < -0.3 is 14.6 Å². The summed E-state index contributed by atoms with van der Waals surface area (Å²) in [6.07, 6.45) is 0. The van der Waals surface area contributed by atoms with E-state index in [0.717, 1.165) is 11.1 Å². The molecular formula is C23H20O5P-. The van der Waals surface area contributed by atoms with Crippen LogP contribution in [0.3, 0.4) is 0 Å². The topological polar surface area (TPSA) is 75.7 Å². The first-order chi connectivity index (χ1) is 14.1. The van der Waals surface area contributed by atoms with Crippen LogP contribution >= 0.6 is 8.19 Å². The third-order valence-corrected chi connectivity index (χ3v) is 5.62. The maximum absolute atomic E-state index is 13.4. The minimum Gasteiger partial charge on any atom is -0.871 e. The van der Waals surface area contributed by atoms with Gasteiger partial charge in [-0.05, 0) is 25.0 Å². The molecule has 0 aliphatic rings. The number of carbonyl (C=O) groups is 2. The molecule has 3 aromatic rings. The average molecular weight is 407 g/mol. The number of rotatable bonds is 6. The lowest BCUT2D eigenvalue weighted by Gasteiger charge is -2.23. The van der Waals surface area contributed by atoms with E-state index >= 15 is 0 Å². The molecule has 29 heavy (non-hydrogen) atoms. The summed E-state index contributed by atoms with van der Waals surface area (Å²) in [6, 6.07) is 18.3. The molecule has 0 atom stereocenters. The Bertz CT molecular complexity index is 937. The molecule has 1 heterocycles. The molecule has 0 fully saturated rings. The number of esters is 2. The summed E-state index contributed by atoms with van der Waals surface area (Å²) < 4.78 is 10.3. The second-order valence-electron chi connectivity index (χ2n) is 6.06. The van der Waals surface area contributed by atoms with Gasteiger partial charge in [0.05, 0.1) is 24.3 Å². The van der Waals surface area contributed by atoms with Crippen molar-refractivity contribution in [3.05, 3.63) is 71.8 Å². The molecular weight excluding hydrogens is 387 g/mol. The monoisotopic (exact) mass is 407 g/mol. The highest BCUT2D eigenvalue weighted by molar-refractivity contribution is 7.38. The molecule has 0 aliphatic carbocycles. The SMILES string of the molecule is CCOC(=O)c1c(-c2ccccc2)pc(-c2ccccc2)c(C(=O)OCC)c1[O-]. The molecule has 1 aromatic heterocycles. The Morgan fingerprint density at radius 2 is 1.14 bits per heavy atom. The molecule has 3 rings (SSSR count). The number of hydrogen-bond acceptors (Lipinski definition) is 5. The van der Waals surface area contributed by atoms with Gasteiger partial charge in [-0.25, -0.2) is 9.59 Å². The van der Waals surface area contributed by atoms with E-state index in [4.69, 9.17) is 9.47 Å². The van der Waals surface area contributed by atoms with Gasteiger partial charge in [0.25, 0.3) is 0 Å². The highest BCUT2D eigenvalue weighted by Crippen LogP contribution is 2.46. The third-order valence-electron chi connectivity index (χ3n) is 4.20. The minimum absolute atomic E-state index is 0.123. The fraction of sp³-hybridized carbons (Fsp3) is 0.174. The van der Waals surface area contributed by atoms with Crippen molar-refractivity contribution in [1.29, 1.82) is 0 Å². The van der Waals surface area contributed by atoms with Crippen molar-refractivity contribution < 1.29 is 24.2 Å². The van der Waals surface area contributed by atoms with Gasteiger partial charge in [0.2, 0.25) is 0 Å². The Hall–Kier alpha value is -3.17. The molecule has 0 unspecified atom stereocenters. The van der Waals surface area contributed by atoms with E-state index in [1.165, 1.54) is 0 Å². The minimum atomic E-state index is -0.738. The van der Waals surface area contributed by atoms with Crippen LogP contribution in [0.1, 0.15) is 34.6 Å². The van der Waals surface area contributed by atoms with Crippen molar-refractivity contribution in [3.8, 4) is 27.5 Å². The van der Waals surface area contributed by atoms with Crippen molar-refractivity contribution in [2.45, 2.75) is 13.8 Å². The highest BCUT2D eigenvalue weighted by Gasteiger charge is 2.25. The van der Waals surface area contributed by atoms with Gasteiger partial charge in [-0.15, -0.1) is 0 Å². The molecule has 6 heteroatoms. The van der Waals surface area contributed by atoms with Crippen LogP contribution in [-0.2, 0) is 9.47 Å². The van der Waals surface area contributed by atoms with Crippen LogP contribution in [-0.4, -0.2) is 25.2 Å². The molecule has 0 N–H and O–H groups in total. The first-order valence-electron chi connectivity index (χ1n) is 9.28. The fourth-order valence-corrected chi connectivity index (χ4v) is 4.35. The summed E-state index contributed by atoms with van der Waals surface area (Å²) in [7, 11) is 0.560. The average Bonchev–Trinajstić information content (AvgIpc) is 2.74. The van der Waals surface area contributed by atoms with Crippen molar-refractivity contribution in [2.24, 2.45) is 0 Å². The van der Waals surface area contributed by atoms with E-state index < -0.39 is 17.7 Å². The number of ether oxygens (including phenoxy) is 2. The predicted molar refractivity (Wildman–Crippen MR) is 111 cm³/mol. The second-order valence-corrected chi connectivity index (χ2v) is 7.18. The molecule has 0 radical (unpaired) electrons. The smallest absolute Gasteiger partial charge is 0.338 e. The van der Waals surface area contributed by atoms with Gasteiger partial charge in [-0.2, -0.15) is 0 Å². The lowest BCUT2D eigenvalue weighted by atomic mass is 10.0. The van der Waals surface area contributed by atoms with E-state index in [0.29, 0.717) is 18.8 Å². The largest absolute Gasteiger partial charge is 0.871 e. The number of carbonyl (C=O) groups excluding carboxylic acids is 2. The van der Waals surface area contributed by atoms with Crippen molar-refractivity contribution in [2.75, 3.05) is 13.2 Å². The quantitative estimate of drug-likeness (QED) is 0.536.